The standard InChI is InChI=1S/C6H7N2/c1-5-2-3-8-4-6(5)7/h3-4H,7H2,1H3. The van der Waals surface area contributed by atoms with Crippen LogP contribution in [-0.4, -0.2) is 4.98 Å². The maximum Gasteiger partial charge on any atom is 0.0536 e. The monoisotopic (exact) mass is 107 g/mol. The molecule has 0 aromatic carbocycles. The van der Waals surface area contributed by atoms with Gasteiger partial charge in [0.2, 0.25) is 0 Å². The molecule has 0 unspecified atom stereocenters. The topological polar surface area (TPSA) is 38.9 Å². The normalized spacial score (nSPS) is 9.12. The quantitative estimate of drug-likeness (QED) is 0.532. The second kappa shape index (κ2) is 1.82. The molecule has 1 heterocycles. The van der Waals surface area contributed by atoms with Crippen molar-refractivity contribution in [2.24, 2.45) is 0 Å². The summed E-state index contributed by atoms with van der Waals surface area (Å²) in [5.41, 5.74) is 7.09. The summed E-state index contributed by atoms with van der Waals surface area (Å²) < 4.78 is 0. The fourth-order valence-corrected chi connectivity index (χ4v) is 0.432. The first-order chi connectivity index (χ1) is 3.80. The lowest BCUT2D eigenvalue weighted by atomic mass is 10.3. The largest absolute Gasteiger partial charge is 0.397 e. The summed E-state index contributed by atoms with van der Waals surface area (Å²) in [6.07, 6.45) is 3.22. The molecule has 41 valence electrons. The molecule has 1 aromatic heterocycles. The lowest BCUT2D eigenvalue weighted by Crippen LogP contribution is -1.88. The van der Waals surface area contributed by atoms with E-state index in [9.17, 15) is 0 Å². The van der Waals surface area contributed by atoms with Gasteiger partial charge in [-0.05, 0) is 12.5 Å². The highest BCUT2D eigenvalue weighted by Crippen LogP contribution is 2.03. The van der Waals surface area contributed by atoms with Crippen molar-refractivity contribution in [3.05, 3.63) is 24.0 Å². The zero-order chi connectivity index (χ0) is 5.98. The number of aromatic nitrogens is 1. The Labute approximate surface area is 48.4 Å². The van der Waals surface area contributed by atoms with Gasteiger partial charge in [-0.2, -0.15) is 0 Å². The lowest BCUT2D eigenvalue weighted by molar-refractivity contribution is 1.28. The molecule has 0 aliphatic heterocycles. The Morgan fingerprint density at radius 1 is 1.75 bits per heavy atom. The van der Waals surface area contributed by atoms with Crippen LogP contribution >= 0.6 is 0 Å². The number of aryl methyl sites for hydroxylation is 1. The second-order valence-corrected chi connectivity index (χ2v) is 1.63. The maximum absolute atomic E-state index is 5.43. The van der Waals surface area contributed by atoms with Crippen molar-refractivity contribution in [1.82, 2.24) is 4.98 Å². The van der Waals surface area contributed by atoms with Crippen LogP contribution in [0.25, 0.3) is 0 Å². The van der Waals surface area contributed by atoms with Crippen molar-refractivity contribution in [2.75, 3.05) is 5.73 Å². The average molecular weight is 107 g/mol. The minimum Gasteiger partial charge on any atom is -0.397 e. The zero-order valence-electron chi connectivity index (χ0n) is 4.68. The minimum atomic E-state index is 0.701. The summed E-state index contributed by atoms with van der Waals surface area (Å²) in [6, 6.07) is 2.86. The van der Waals surface area contributed by atoms with Crippen molar-refractivity contribution < 1.29 is 0 Å². The van der Waals surface area contributed by atoms with E-state index in [1.54, 1.807) is 12.4 Å². The smallest absolute Gasteiger partial charge is 0.0536 e. The molecule has 1 aromatic rings. The molecule has 8 heavy (non-hydrogen) atoms. The Bertz CT molecular complexity index is 163. The number of hydrogen-bond acceptors (Lipinski definition) is 2. The lowest BCUT2D eigenvalue weighted by Gasteiger charge is -1.92. The van der Waals surface area contributed by atoms with Crippen LogP contribution in [0.4, 0.5) is 5.69 Å². The van der Waals surface area contributed by atoms with Gasteiger partial charge >= 0.3 is 0 Å². The summed E-state index contributed by atoms with van der Waals surface area (Å²) in [5.74, 6) is 0. The fourth-order valence-electron chi connectivity index (χ4n) is 0.432. The van der Waals surface area contributed by atoms with E-state index in [4.69, 9.17) is 5.73 Å². The van der Waals surface area contributed by atoms with Crippen LogP contribution < -0.4 is 5.73 Å². The van der Waals surface area contributed by atoms with E-state index in [0.29, 0.717) is 5.69 Å². The molecule has 1 radical (unpaired) electrons. The van der Waals surface area contributed by atoms with Crippen LogP contribution in [0.1, 0.15) is 5.56 Å². The molecule has 0 spiro atoms. The summed E-state index contributed by atoms with van der Waals surface area (Å²) in [4.78, 5) is 3.76. The molecule has 2 N–H and O–H groups in total. The average Bonchev–Trinajstić information content (AvgIpc) is 1.77. The molecular weight excluding hydrogens is 100 g/mol. The summed E-state index contributed by atoms with van der Waals surface area (Å²) in [7, 11) is 0. The third kappa shape index (κ3) is 0.780. The van der Waals surface area contributed by atoms with Crippen molar-refractivity contribution >= 4 is 5.69 Å². The predicted molar refractivity (Wildman–Crippen MR) is 32.2 cm³/mol. The van der Waals surface area contributed by atoms with E-state index in [-0.39, 0.29) is 0 Å². The molecule has 0 bridgehead atoms. The third-order valence-corrected chi connectivity index (χ3v) is 1.00. The zero-order valence-corrected chi connectivity index (χ0v) is 4.68. The molecule has 1 rings (SSSR count). The van der Waals surface area contributed by atoms with Gasteiger partial charge in [-0.1, -0.05) is 0 Å². The van der Waals surface area contributed by atoms with Crippen molar-refractivity contribution in [1.29, 1.82) is 0 Å². The van der Waals surface area contributed by atoms with Crippen LogP contribution in [0.15, 0.2) is 12.4 Å². The molecule has 0 saturated heterocycles. The second-order valence-electron chi connectivity index (χ2n) is 1.63. The number of nitrogen functional groups attached to an aromatic ring is 1. The van der Waals surface area contributed by atoms with E-state index in [2.05, 4.69) is 11.1 Å². The highest BCUT2D eigenvalue weighted by atomic mass is 14.7. The first-order valence-electron chi connectivity index (χ1n) is 2.38. The first-order valence-corrected chi connectivity index (χ1v) is 2.38. The third-order valence-electron chi connectivity index (χ3n) is 1.00. The molecule has 2 heteroatoms. The summed E-state index contributed by atoms with van der Waals surface area (Å²) in [5, 5.41) is 0. The summed E-state index contributed by atoms with van der Waals surface area (Å²) >= 11 is 0. The van der Waals surface area contributed by atoms with Crippen LogP contribution in [0, 0.1) is 13.0 Å². The number of nitrogens with two attached hydrogens (primary N) is 1. The van der Waals surface area contributed by atoms with E-state index in [1.807, 2.05) is 6.92 Å². The van der Waals surface area contributed by atoms with Crippen molar-refractivity contribution in [3.8, 4) is 0 Å². The van der Waals surface area contributed by atoms with Gasteiger partial charge in [0.05, 0.1) is 11.9 Å². The van der Waals surface area contributed by atoms with Crippen LogP contribution in [0.2, 0.25) is 0 Å². The van der Waals surface area contributed by atoms with Crippen LogP contribution in [0.5, 0.6) is 0 Å². The van der Waals surface area contributed by atoms with E-state index in [0.717, 1.165) is 5.56 Å². The van der Waals surface area contributed by atoms with Gasteiger partial charge in [0.25, 0.3) is 0 Å². The van der Waals surface area contributed by atoms with E-state index in [1.165, 1.54) is 0 Å². The Morgan fingerprint density at radius 3 is 2.88 bits per heavy atom. The Balaban J connectivity index is 3.13. The SMILES string of the molecule is Cc1[c]cncc1N. The number of hydrogen-bond donors (Lipinski definition) is 1. The number of rotatable bonds is 0. The molecule has 2 nitrogen and oxygen atoms in total. The molecule has 0 fully saturated rings. The van der Waals surface area contributed by atoms with Crippen LogP contribution in [0.3, 0.4) is 0 Å². The minimum absolute atomic E-state index is 0.701. The molecule has 0 aliphatic carbocycles. The van der Waals surface area contributed by atoms with Gasteiger partial charge in [0, 0.05) is 12.3 Å². The Hall–Kier alpha value is -1.05. The molecule has 0 atom stereocenters. The Kier molecular flexibility index (Phi) is 1.16. The van der Waals surface area contributed by atoms with Gasteiger partial charge in [-0.3, -0.25) is 4.98 Å². The van der Waals surface area contributed by atoms with E-state index >= 15 is 0 Å². The van der Waals surface area contributed by atoms with Gasteiger partial charge in [-0.25, -0.2) is 0 Å². The van der Waals surface area contributed by atoms with Crippen molar-refractivity contribution in [2.45, 2.75) is 6.92 Å². The predicted octanol–water partition coefficient (Wildman–Crippen LogP) is 0.772. The Morgan fingerprint density at radius 2 is 2.50 bits per heavy atom. The highest BCUT2D eigenvalue weighted by Gasteiger charge is 1.86. The van der Waals surface area contributed by atoms with E-state index < -0.39 is 0 Å². The molecular formula is C6H7N2. The van der Waals surface area contributed by atoms with Gasteiger partial charge in [-0.15, -0.1) is 0 Å². The van der Waals surface area contributed by atoms with Crippen molar-refractivity contribution in [3.63, 3.8) is 0 Å². The number of nitrogens with zero attached hydrogens (tertiary/aromatic N) is 1. The van der Waals surface area contributed by atoms with Crippen LogP contribution in [-0.2, 0) is 0 Å². The number of anilines is 1. The van der Waals surface area contributed by atoms with Gasteiger partial charge < -0.3 is 5.73 Å². The summed E-state index contributed by atoms with van der Waals surface area (Å²) in [6.45, 7) is 1.90. The number of pyridine rings is 1. The molecule has 0 aliphatic rings. The molecule has 0 amide bonds. The highest BCUT2D eigenvalue weighted by molar-refractivity contribution is 5.41. The fraction of sp³-hybridized carbons (Fsp3) is 0.167. The van der Waals surface area contributed by atoms with Gasteiger partial charge in [0.1, 0.15) is 0 Å². The van der Waals surface area contributed by atoms with Gasteiger partial charge in [0.15, 0.2) is 0 Å². The molecule has 0 saturated carbocycles. The first kappa shape index (κ1) is 5.09. The maximum atomic E-state index is 5.43.